The van der Waals surface area contributed by atoms with Gasteiger partial charge >= 0.3 is 0 Å². The van der Waals surface area contributed by atoms with Crippen LogP contribution in [-0.2, 0) is 0 Å². The van der Waals surface area contributed by atoms with Crippen LogP contribution in [0.25, 0.3) is 0 Å². The summed E-state index contributed by atoms with van der Waals surface area (Å²) in [5.74, 6) is 0. The summed E-state index contributed by atoms with van der Waals surface area (Å²) in [5, 5.41) is 3.29. The van der Waals surface area contributed by atoms with Crippen molar-refractivity contribution in [3.63, 3.8) is 0 Å². The van der Waals surface area contributed by atoms with Gasteiger partial charge in [0.25, 0.3) is 0 Å². The summed E-state index contributed by atoms with van der Waals surface area (Å²) in [6, 6.07) is 8.15. The fourth-order valence-electron chi connectivity index (χ4n) is 1.32. The number of aromatic nitrogens is 1. The Morgan fingerprint density at radius 1 is 1.06 bits per heavy atom. The third kappa shape index (κ3) is 2.83. The topological polar surface area (TPSA) is 24.9 Å². The SMILES string of the molecule is Cc1ccc(Nc2cncc(Br)c2)cc1Br. The molecule has 82 valence electrons. The van der Waals surface area contributed by atoms with Crippen molar-refractivity contribution >= 4 is 43.2 Å². The van der Waals surface area contributed by atoms with Gasteiger partial charge in [0.05, 0.1) is 11.9 Å². The zero-order valence-electron chi connectivity index (χ0n) is 8.67. The second kappa shape index (κ2) is 4.97. The summed E-state index contributed by atoms with van der Waals surface area (Å²) >= 11 is 6.90. The molecule has 0 saturated carbocycles. The van der Waals surface area contributed by atoms with Crippen molar-refractivity contribution in [1.29, 1.82) is 0 Å². The number of pyridine rings is 1. The minimum absolute atomic E-state index is 0.962. The molecule has 0 radical (unpaired) electrons. The van der Waals surface area contributed by atoms with Gasteiger partial charge in [-0.3, -0.25) is 4.98 Å². The Morgan fingerprint density at radius 3 is 2.56 bits per heavy atom. The Hall–Kier alpha value is -0.870. The molecule has 0 saturated heterocycles. The Bertz CT molecular complexity index is 512. The first-order valence-corrected chi connectivity index (χ1v) is 6.37. The minimum Gasteiger partial charge on any atom is -0.354 e. The average Bonchev–Trinajstić information content (AvgIpc) is 2.24. The molecule has 0 aliphatic carbocycles. The van der Waals surface area contributed by atoms with E-state index in [0.29, 0.717) is 0 Å². The highest BCUT2D eigenvalue weighted by atomic mass is 79.9. The molecule has 2 nitrogen and oxygen atoms in total. The highest BCUT2D eigenvalue weighted by Gasteiger charge is 1.99. The number of nitrogens with one attached hydrogen (secondary N) is 1. The lowest BCUT2D eigenvalue weighted by molar-refractivity contribution is 1.30. The van der Waals surface area contributed by atoms with Gasteiger partial charge in [-0.15, -0.1) is 0 Å². The average molecular weight is 342 g/mol. The van der Waals surface area contributed by atoms with Crippen molar-refractivity contribution in [3.8, 4) is 0 Å². The minimum atomic E-state index is 0.962. The quantitative estimate of drug-likeness (QED) is 0.859. The molecule has 0 bridgehead atoms. The maximum absolute atomic E-state index is 4.10. The summed E-state index contributed by atoms with van der Waals surface area (Å²) in [5.41, 5.74) is 3.22. The van der Waals surface area contributed by atoms with E-state index in [1.54, 1.807) is 12.4 Å². The number of benzene rings is 1. The normalized spacial score (nSPS) is 10.2. The Labute approximate surface area is 111 Å². The number of anilines is 2. The molecule has 0 unspecified atom stereocenters. The van der Waals surface area contributed by atoms with E-state index in [1.165, 1.54) is 5.56 Å². The first-order chi connectivity index (χ1) is 7.65. The van der Waals surface area contributed by atoms with Crippen LogP contribution in [0.4, 0.5) is 11.4 Å². The molecule has 1 heterocycles. The van der Waals surface area contributed by atoms with Crippen LogP contribution in [0.5, 0.6) is 0 Å². The zero-order valence-corrected chi connectivity index (χ0v) is 11.8. The molecule has 0 aliphatic heterocycles. The molecular weight excluding hydrogens is 332 g/mol. The summed E-state index contributed by atoms with van der Waals surface area (Å²) in [4.78, 5) is 4.10. The van der Waals surface area contributed by atoms with E-state index in [-0.39, 0.29) is 0 Å². The summed E-state index contributed by atoms with van der Waals surface area (Å²) in [6.07, 6.45) is 3.55. The van der Waals surface area contributed by atoms with Gasteiger partial charge in [0.1, 0.15) is 0 Å². The van der Waals surface area contributed by atoms with Gasteiger partial charge in [0.2, 0.25) is 0 Å². The summed E-state index contributed by atoms with van der Waals surface area (Å²) < 4.78 is 2.06. The second-order valence-corrected chi connectivity index (χ2v) is 5.25. The van der Waals surface area contributed by atoms with Gasteiger partial charge in [0, 0.05) is 20.8 Å². The van der Waals surface area contributed by atoms with Gasteiger partial charge in [-0.25, -0.2) is 0 Å². The molecule has 0 spiro atoms. The Balaban J connectivity index is 2.24. The van der Waals surface area contributed by atoms with E-state index in [9.17, 15) is 0 Å². The van der Waals surface area contributed by atoms with Crippen LogP contribution < -0.4 is 5.32 Å². The molecule has 1 aromatic carbocycles. The van der Waals surface area contributed by atoms with Crippen molar-refractivity contribution in [1.82, 2.24) is 4.98 Å². The van der Waals surface area contributed by atoms with E-state index in [4.69, 9.17) is 0 Å². The third-order valence-electron chi connectivity index (χ3n) is 2.17. The van der Waals surface area contributed by atoms with Crippen LogP contribution in [-0.4, -0.2) is 4.98 Å². The smallest absolute Gasteiger partial charge is 0.0582 e. The molecule has 16 heavy (non-hydrogen) atoms. The maximum atomic E-state index is 4.10. The zero-order chi connectivity index (χ0) is 11.5. The molecule has 0 fully saturated rings. The fraction of sp³-hybridized carbons (Fsp3) is 0.0833. The number of rotatable bonds is 2. The van der Waals surface area contributed by atoms with E-state index >= 15 is 0 Å². The van der Waals surface area contributed by atoms with Crippen LogP contribution in [0, 0.1) is 6.92 Å². The number of aryl methyl sites for hydroxylation is 1. The number of hydrogen-bond acceptors (Lipinski definition) is 2. The predicted octanol–water partition coefficient (Wildman–Crippen LogP) is 4.66. The van der Waals surface area contributed by atoms with Crippen molar-refractivity contribution in [2.75, 3.05) is 5.32 Å². The maximum Gasteiger partial charge on any atom is 0.0582 e. The molecule has 2 aromatic rings. The van der Waals surface area contributed by atoms with E-state index in [1.807, 2.05) is 12.1 Å². The standard InChI is InChI=1S/C12H10Br2N2/c1-8-2-3-10(5-12(8)14)16-11-4-9(13)6-15-7-11/h2-7,16H,1H3. The number of nitrogens with zero attached hydrogens (tertiary/aromatic N) is 1. The third-order valence-corrected chi connectivity index (χ3v) is 3.45. The second-order valence-electron chi connectivity index (χ2n) is 3.48. The highest BCUT2D eigenvalue weighted by Crippen LogP contribution is 2.24. The molecule has 0 atom stereocenters. The van der Waals surface area contributed by atoms with Gasteiger partial charge in [-0.1, -0.05) is 22.0 Å². The summed E-state index contributed by atoms with van der Waals surface area (Å²) in [6.45, 7) is 2.06. The lowest BCUT2D eigenvalue weighted by Gasteiger charge is -2.07. The van der Waals surface area contributed by atoms with E-state index < -0.39 is 0 Å². The molecule has 0 amide bonds. The van der Waals surface area contributed by atoms with E-state index in [0.717, 1.165) is 20.3 Å². The van der Waals surface area contributed by atoms with Crippen molar-refractivity contribution in [2.24, 2.45) is 0 Å². The first kappa shape index (κ1) is 11.6. The largest absolute Gasteiger partial charge is 0.354 e. The van der Waals surface area contributed by atoms with Crippen molar-refractivity contribution in [2.45, 2.75) is 6.92 Å². The molecule has 1 N–H and O–H groups in total. The van der Waals surface area contributed by atoms with Crippen molar-refractivity contribution < 1.29 is 0 Å². The van der Waals surface area contributed by atoms with Gasteiger partial charge < -0.3 is 5.32 Å². The Morgan fingerprint density at radius 2 is 1.88 bits per heavy atom. The fourth-order valence-corrected chi connectivity index (χ4v) is 2.06. The van der Waals surface area contributed by atoms with Crippen LogP contribution >= 0.6 is 31.9 Å². The molecule has 0 aliphatic rings. The lowest BCUT2D eigenvalue weighted by atomic mass is 10.2. The van der Waals surface area contributed by atoms with Gasteiger partial charge in [0.15, 0.2) is 0 Å². The highest BCUT2D eigenvalue weighted by molar-refractivity contribution is 9.10. The van der Waals surface area contributed by atoms with Gasteiger partial charge in [-0.05, 0) is 46.6 Å². The molecule has 2 rings (SSSR count). The van der Waals surface area contributed by atoms with E-state index in [2.05, 4.69) is 61.2 Å². The monoisotopic (exact) mass is 340 g/mol. The number of halogens is 2. The summed E-state index contributed by atoms with van der Waals surface area (Å²) in [7, 11) is 0. The number of hydrogen-bond donors (Lipinski definition) is 1. The predicted molar refractivity (Wildman–Crippen MR) is 74.1 cm³/mol. The molecular formula is C12H10Br2N2. The van der Waals surface area contributed by atoms with Crippen LogP contribution in [0.3, 0.4) is 0 Å². The van der Waals surface area contributed by atoms with Crippen LogP contribution in [0.2, 0.25) is 0 Å². The van der Waals surface area contributed by atoms with Gasteiger partial charge in [-0.2, -0.15) is 0 Å². The lowest BCUT2D eigenvalue weighted by Crippen LogP contribution is -1.91. The molecule has 1 aromatic heterocycles. The molecule has 4 heteroatoms. The van der Waals surface area contributed by atoms with Crippen LogP contribution in [0.1, 0.15) is 5.56 Å². The van der Waals surface area contributed by atoms with Crippen LogP contribution in [0.15, 0.2) is 45.6 Å². The Kier molecular flexibility index (Phi) is 3.61. The first-order valence-electron chi connectivity index (χ1n) is 4.79. The van der Waals surface area contributed by atoms with Crippen molar-refractivity contribution in [3.05, 3.63) is 51.2 Å².